The van der Waals surface area contributed by atoms with E-state index in [1.54, 1.807) is 0 Å². The highest BCUT2D eigenvalue weighted by Gasteiger charge is 2.47. The lowest BCUT2D eigenvalue weighted by atomic mass is 9.89. The molecule has 0 aromatic rings. The van der Waals surface area contributed by atoms with Crippen LogP contribution in [0.4, 0.5) is 0 Å². The van der Waals surface area contributed by atoms with Gasteiger partial charge in [0.05, 0.1) is 12.1 Å². The first-order valence-electron chi connectivity index (χ1n) is 4.50. The molecule has 0 aromatic heterocycles. The maximum Gasteiger partial charge on any atom is 0.256 e. The zero-order chi connectivity index (χ0) is 10.4. The standard InChI is InChI=1S/C9H19N3O/c1-8(2)6-12(10)7(13)9(3,4)11(8)5/h6,10H2,1-5H3. The highest BCUT2D eigenvalue weighted by atomic mass is 16.2. The Morgan fingerprint density at radius 1 is 1.31 bits per heavy atom. The molecular formula is C9H19N3O. The molecule has 76 valence electrons. The summed E-state index contributed by atoms with van der Waals surface area (Å²) in [7, 11) is 1.96. The summed E-state index contributed by atoms with van der Waals surface area (Å²) < 4.78 is 0. The van der Waals surface area contributed by atoms with Gasteiger partial charge in [0.2, 0.25) is 0 Å². The van der Waals surface area contributed by atoms with Crippen LogP contribution in [0.25, 0.3) is 0 Å². The van der Waals surface area contributed by atoms with Gasteiger partial charge in [-0.1, -0.05) is 0 Å². The Morgan fingerprint density at radius 2 is 1.77 bits per heavy atom. The minimum atomic E-state index is -0.503. The number of hydrogen-bond acceptors (Lipinski definition) is 3. The maximum atomic E-state index is 11.7. The molecule has 2 N–H and O–H groups in total. The quantitative estimate of drug-likeness (QED) is 0.433. The van der Waals surface area contributed by atoms with Crippen LogP contribution in [0.15, 0.2) is 0 Å². The molecule has 1 fully saturated rings. The average molecular weight is 185 g/mol. The van der Waals surface area contributed by atoms with Gasteiger partial charge >= 0.3 is 0 Å². The van der Waals surface area contributed by atoms with Crippen molar-refractivity contribution < 1.29 is 4.79 Å². The number of likely N-dealkylation sites (N-methyl/N-ethyl adjacent to an activating group) is 1. The number of nitrogens with zero attached hydrogens (tertiary/aromatic N) is 2. The van der Waals surface area contributed by atoms with Gasteiger partial charge in [0.25, 0.3) is 5.91 Å². The van der Waals surface area contributed by atoms with E-state index in [-0.39, 0.29) is 11.4 Å². The third-order valence-electron chi connectivity index (χ3n) is 3.09. The summed E-state index contributed by atoms with van der Waals surface area (Å²) >= 11 is 0. The van der Waals surface area contributed by atoms with E-state index >= 15 is 0 Å². The van der Waals surface area contributed by atoms with Gasteiger partial charge in [-0.3, -0.25) is 14.7 Å². The van der Waals surface area contributed by atoms with Crippen LogP contribution in [-0.4, -0.2) is 40.5 Å². The van der Waals surface area contributed by atoms with Gasteiger partial charge in [0.15, 0.2) is 0 Å². The van der Waals surface area contributed by atoms with Crippen molar-refractivity contribution in [2.45, 2.75) is 38.8 Å². The molecule has 1 amide bonds. The molecule has 0 atom stereocenters. The molecule has 0 saturated carbocycles. The van der Waals surface area contributed by atoms with Crippen LogP contribution < -0.4 is 5.84 Å². The first-order chi connectivity index (χ1) is 5.69. The highest BCUT2D eigenvalue weighted by Crippen LogP contribution is 2.29. The molecule has 0 spiro atoms. The molecule has 13 heavy (non-hydrogen) atoms. The van der Waals surface area contributed by atoms with E-state index in [9.17, 15) is 4.79 Å². The second-order valence-corrected chi connectivity index (χ2v) is 4.86. The Labute approximate surface area is 79.6 Å². The lowest BCUT2D eigenvalue weighted by Crippen LogP contribution is -2.71. The fourth-order valence-electron chi connectivity index (χ4n) is 1.85. The molecule has 0 radical (unpaired) electrons. The van der Waals surface area contributed by atoms with Crippen molar-refractivity contribution in [1.82, 2.24) is 9.91 Å². The molecule has 1 saturated heterocycles. The van der Waals surface area contributed by atoms with Crippen LogP contribution >= 0.6 is 0 Å². The summed E-state index contributed by atoms with van der Waals surface area (Å²) in [5, 5.41) is 1.32. The predicted octanol–water partition coefficient (Wildman–Crippen LogP) is 0.191. The SMILES string of the molecule is CN1C(C)(C)CN(N)C(=O)C1(C)C. The summed E-state index contributed by atoms with van der Waals surface area (Å²) in [4.78, 5) is 13.8. The van der Waals surface area contributed by atoms with Crippen LogP contribution in [0, 0.1) is 0 Å². The number of rotatable bonds is 0. The van der Waals surface area contributed by atoms with Gasteiger partial charge in [0, 0.05) is 5.54 Å². The van der Waals surface area contributed by atoms with E-state index in [1.807, 2.05) is 20.9 Å². The van der Waals surface area contributed by atoms with Crippen LogP contribution in [0.1, 0.15) is 27.7 Å². The fourth-order valence-corrected chi connectivity index (χ4v) is 1.85. The van der Waals surface area contributed by atoms with E-state index < -0.39 is 5.54 Å². The van der Waals surface area contributed by atoms with E-state index in [0.29, 0.717) is 6.54 Å². The first kappa shape index (κ1) is 10.5. The number of carbonyl (C=O) groups excluding carboxylic acids is 1. The van der Waals surface area contributed by atoms with E-state index in [2.05, 4.69) is 18.7 Å². The first-order valence-corrected chi connectivity index (χ1v) is 4.50. The molecule has 1 aliphatic rings. The monoisotopic (exact) mass is 185 g/mol. The van der Waals surface area contributed by atoms with Crippen molar-refractivity contribution in [2.75, 3.05) is 13.6 Å². The lowest BCUT2D eigenvalue weighted by Gasteiger charge is -2.52. The van der Waals surface area contributed by atoms with Gasteiger partial charge in [-0.15, -0.1) is 0 Å². The Bertz CT molecular complexity index is 235. The van der Waals surface area contributed by atoms with Crippen molar-refractivity contribution in [3.63, 3.8) is 0 Å². The second kappa shape index (κ2) is 2.69. The Kier molecular flexibility index (Phi) is 2.16. The Morgan fingerprint density at radius 3 is 2.23 bits per heavy atom. The van der Waals surface area contributed by atoms with Crippen molar-refractivity contribution in [3.05, 3.63) is 0 Å². The number of amides is 1. The number of hydrogen-bond donors (Lipinski definition) is 1. The van der Waals surface area contributed by atoms with E-state index in [0.717, 1.165) is 0 Å². The molecule has 1 heterocycles. The normalized spacial score (nSPS) is 27.8. The fraction of sp³-hybridized carbons (Fsp3) is 0.889. The van der Waals surface area contributed by atoms with Crippen LogP contribution in [0.3, 0.4) is 0 Å². The molecule has 0 bridgehead atoms. The van der Waals surface area contributed by atoms with Gasteiger partial charge in [-0.2, -0.15) is 0 Å². The largest absolute Gasteiger partial charge is 0.286 e. The lowest BCUT2D eigenvalue weighted by molar-refractivity contribution is -0.157. The van der Waals surface area contributed by atoms with E-state index in [4.69, 9.17) is 5.84 Å². The van der Waals surface area contributed by atoms with Crippen molar-refractivity contribution in [1.29, 1.82) is 0 Å². The van der Waals surface area contributed by atoms with Crippen LogP contribution in [-0.2, 0) is 4.79 Å². The summed E-state index contributed by atoms with van der Waals surface area (Å²) in [6, 6.07) is 0. The van der Waals surface area contributed by atoms with Crippen molar-refractivity contribution in [3.8, 4) is 0 Å². The average Bonchev–Trinajstić information content (AvgIpc) is 1.98. The summed E-state index contributed by atoms with van der Waals surface area (Å²) in [5.74, 6) is 5.63. The van der Waals surface area contributed by atoms with Gasteiger partial charge in [-0.05, 0) is 34.7 Å². The number of hydrazine groups is 1. The Balaban J connectivity index is 3.03. The summed E-state index contributed by atoms with van der Waals surface area (Å²) in [5.41, 5.74) is -0.567. The molecule has 0 unspecified atom stereocenters. The maximum absolute atomic E-state index is 11.7. The predicted molar refractivity (Wildman–Crippen MR) is 51.8 cm³/mol. The highest BCUT2D eigenvalue weighted by molar-refractivity contribution is 5.86. The third-order valence-corrected chi connectivity index (χ3v) is 3.09. The molecule has 0 aromatic carbocycles. The zero-order valence-electron chi connectivity index (χ0n) is 9.09. The number of piperazine rings is 1. The molecule has 1 rings (SSSR count). The van der Waals surface area contributed by atoms with E-state index in [1.165, 1.54) is 5.01 Å². The van der Waals surface area contributed by atoms with Crippen LogP contribution in [0.2, 0.25) is 0 Å². The van der Waals surface area contributed by atoms with Gasteiger partial charge in [0.1, 0.15) is 0 Å². The Hall–Kier alpha value is -0.610. The van der Waals surface area contributed by atoms with Gasteiger partial charge in [-0.25, -0.2) is 5.84 Å². The van der Waals surface area contributed by atoms with Crippen molar-refractivity contribution >= 4 is 5.91 Å². The van der Waals surface area contributed by atoms with Crippen LogP contribution in [0.5, 0.6) is 0 Å². The minimum Gasteiger partial charge on any atom is -0.286 e. The summed E-state index contributed by atoms with van der Waals surface area (Å²) in [6.45, 7) is 8.54. The number of carbonyl (C=O) groups is 1. The third kappa shape index (κ3) is 1.44. The molecule has 4 nitrogen and oxygen atoms in total. The molecule has 4 heteroatoms. The molecule has 1 aliphatic heterocycles. The molecular weight excluding hydrogens is 166 g/mol. The smallest absolute Gasteiger partial charge is 0.256 e. The topological polar surface area (TPSA) is 49.6 Å². The minimum absolute atomic E-state index is 0.0191. The molecule has 0 aliphatic carbocycles. The second-order valence-electron chi connectivity index (χ2n) is 4.86. The van der Waals surface area contributed by atoms with Crippen molar-refractivity contribution in [2.24, 2.45) is 5.84 Å². The zero-order valence-corrected chi connectivity index (χ0v) is 9.09. The summed E-state index contributed by atoms with van der Waals surface area (Å²) in [6.07, 6.45) is 0. The van der Waals surface area contributed by atoms with Gasteiger partial charge < -0.3 is 0 Å². The number of nitrogens with two attached hydrogens (primary N) is 1.